The van der Waals surface area contributed by atoms with E-state index in [1.54, 1.807) is 18.1 Å². The minimum atomic E-state index is -1.03. The summed E-state index contributed by atoms with van der Waals surface area (Å²) in [5.74, 6) is 5.82. The van der Waals surface area contributed by atoms with E-state index in [4.69, 9.17) is 4.74 Å². The van der Waals surface area contributed by atoms with Crippen LogP contribution in [-0.4, -0.2) is 36.7 Å². The van der Waals surface area contributed by atoms with Crippen LogP contribution in [0.4, 0.5) is 5.69 Å². The molecule has 166 valence electrons. The molecule has 0 aliphatic heterocycles. The minimum Gasteiger partial charge on any atom is -0.477 e. The van der Waals surface area contributed by atoms with E-state index in [1.807, 2.05) is 27.7 Å². The number of carboxylic acid groups (broad SMARTS) is 1. The van der Waals surface area contributed by atoms with Crippen molar-refractivity contribution >= 4 is 28.9 Å². The Labute approximate surface area is 184 Å². The van der Waals surface area contributed by atoms with Crippen molar-refractivity contribution in [2.75, 3.05) is 18.6 Å². The lowest BCUT2D eigenvalue weighted by Crippen LogP contribution is -2.46. The molecule has 1 aliphatic rings. The van der Waals surface area contributed by atoms with Gasteiger partial charge in [-0.3, -0.25) is 4.79 Å². The number of carboxylic acids is 1. The van der Waals surface area contributed by atoms with Gasteiger partial charge in [0.25, 0.3) is 0 Å². The molecule has 1 aromatic rings. The average Bonchev–Trinajstić information content (AvgIpc) is 3.10. The van der Waals surface area contributed by atoms with E-state index in [2.05, 4.69) is 18.8 Å². The first-order chi connectivity index (χ1) is 14.1. The lowest BCUT2D eigenvalue weighted by Gasteiger charge is -2.35. The molecule has 1 atom stereocenters. The molecule has 5 nitrogen and oxygen atoms in total. The molecule has 1 saturated carbocycles. The van der Waals surface area contributed by atoms with Crippen molar-refractivity contribution in [1.82, 2.24) is 0 Å². The highest BCUT2D eigenvalue weighted by Crippen LogP contribution is 2.36. The number of carbonyl (C=O) groups is 2. The number of carbonyl (C=O) groups excluding carboxylic acids is 1. The van der Waals surface area contributed by atoms with Gasteiger partial charge in [-0.25, -0.2) is 4.79 Å². The normalized spacial score (nSPS) is 20.2. The number of rotatable bonds is 7. The Morgan fingerprint density at radius 3 is 2.43 bits per heavy atom. The van der Waals surface area contributed by atoms with Gasteiger partial charge in [0.15, 0.2) is 0 Å². The number of nitrogens with zero attached hydrogens (tertiary/aromatic N) is 1. The molecule has 1 amide bonds. The zero-order chi connectivity index (χ0) is 22.5. The van der Waals surface area contributed by atoms with Crippen LogP contribution >= 0.6 is 11.3 Å². The molecule has 0 saturated heterocycles. The average molecular weight is 434 g/mol. The van der Waals surface area contributed by atoms with Gasteiger partial charge < -0.3 is 14.7 Å². The van der Waals surface area contributed by atoms with Gasteiger partial charge >= 0.3 is 5.97 Å². The van der Waals surface area contributed by atoms with Gasteiger partial charge in [0.05, 0.1) is 23.2 Å². The summed E-state index contributed by atoms with van der Waals surface area (Å²) in [7, 11) is 1.61. The van der Waals surface area contributed by atoms with E-state index in [9.17, 15) is 14.7 Å². The van der Waals surface area contributed by atoms with Gasteiger partial charge in [-0.2, -0.15) is 0 Å². The molecule has 1 aromatic heterocycles. The van der Waals surface area contributed by atoms with Crippen molar-refractivity contribution in [3.63, 3.8) is 0 Å². The molecule has 1 heterocycles. The number of hydrogen-bond donors (Lipinski definition) is 1. The van der Waals surface area contributed by atoms with E-state index in [0.717, 1.165) is 37.0 Å². The van der Waals surface area contributed by atoms with Gasteiger partial charge in [-0.15, -0.1) is 11.3 Å². The Morgan fingerprint density at radius 1 is 1.30 bits per heavy atom. The summed E-state index contributed by atoms with van der Waals surface area (Å²) in [5.41, 5.74) is 0.266. The third-order valence-corrected chi connectivity index (χ3v) is 6.55. The van der Waals surface area contributed by atoms with Gasteiger partial charge in [-0.05, 0) is 64.9 Å². The first kappa shape index (κ1) is 24.4. The Bertz CT molecular complexity index is 803. The van der Waals surface area contributed by atoms with E-state index >= 15 is 0 Å². The third kappa shape index (κ3) is 6.33. The first-order valence-corrected chi connectivity index (χ1v) is 11.6. The summed E-state index contributed by atoms with van der Waals surface area (Å²) < 4.78 is 5.39. The van der Waals surface area contributed by atoms with Gasteiger partial charge in [0.2, 0.25) is 5.91 Å². The highest BCUT2D eigenvalue weighted by atomic mass is 32.1. The van der Waals surface area contributed by atoms with Crippen molar-refractivity contribution in [3.05, 3.63) is 15.8 Å². The summed E-state index contributed by atoms with van der Waals surface area (Å²) >= 11 is 1.14. The molecule has 0 radical (unpaired) electrons. The molecule has 6 heteroatoms. The molecule has 0 bridgehead atoms. The highest BCUT2D eigenvalue weighted by molar-refractivity contribution is 7.15. The molecular formula is C24H35NO4S. The van der Waals surface area contributed by atoms with Crippen molar-refractivity contribution in [2.45, 2.75) is 72.8 Å². The maximum absolute atomic E-state index is 13.6. The van der Waals surface area contributed by atoms with Crippen LogP contribution in [0.3, 0.4) is 0 Å². The number of amides is 1. The summed E-state index contributed by atoms with van der Waals surface area (Å²) in [6.45, 7) is 10.6. The van der Waals surface area contributed by atoms with E-state index < -0.39 is 5.97 Å². The fourth-order valence-electron chi connectivity index (χ4n) is 3.79. The summed E-state index contributed by atoms with van der Waals surface area (Å²) in [4.78, 5) is 28.2. The zero-order valence-corrected chi connectivity index (χ0v) is 19.9. The smallest absolute Gasteiger partial charge is 0.348 e. The van der Waals surface area contributed by atoms with Crippen LogP contribution in [-0.2, 0) is 9.53 Å². The number of anilines is 1. The van der Waals surface area contributed by atoms with E-state index in [-0.39, 0.29) is 28.2 Å². The number of methoxy groups -OCH3 is 1. The quantitative estimate of drug-likeness (QED) is 0.582. The zero-order valence-electron chi connectivity index (χ0n) is 19.1. The molecule has 30 heavy (non-hydrogen) atoms. The van der Waals surface area contributed by atoms with Crippen molar-refractivity contribution in [2.24, 2.45) is 17.3 Å². The van der Waals surface area contributed by atoms with Crippen LogP contribution in [0.1, 0.15) is 81.3 Å². The molecule has 1 aliphatic carbocycles. The molecule has 0 spiro atoms. The second-order valence-electron chi connectivity index (χ2n) is 9.31. The predicted molar refractivity (Wildman–Crippen MR) is 122 cm³/mol. The Hall–Kier alpha value is -1.84. The topological polar surface area (TPSA) is 66.8 Å². The van der Waals surface area contributed by atoms with Crippen LogP contribution in [0.25, 0.3) is 0 Å². The second-order valence-corrected chi connectivity index (χ2v) is 10.4. The standard InChI is InChI=1S/C24H35NO4S/c1-7-18(15-29-6)25(22(26)17-10-8-16(2)9-11-17)20-14-19(12-13-24(3,4)5)30-21(20)23(27)28/h14,16-18H,7-11,15H2,1-6H3,(H,27,28)/t16?,17?,18-/m0/s1. The Balaban J connectivity index is 2.51. The molecule has 1 fully saturated rings. The largest absolute Gasteiger partial charge is 0.477 e. The van der Waals surface area contributed by atoms with E-state index in [1.165, 1.54) is 0 Å². The fourth-order valence-corrected chi connectivity index (χ4v) is 4.63. The molecule has 0 unspecified atom stereocenters. The number of thiophene rings is 1. The lowest BCUT2D eigenvalue weighted by molar-refractivity contribution is -0.124. The van der Waals surface area contributed by atoms with Gasteiger partial charge in [0.1, 0.15) is 4.88 Å². The number of ether oxygens (including phenoxy) is 1. The van der Waals surface area contributed by atoms with Crippen LogP contribution < -0.4 is 4.90 Å². The lowest BCUT2D eigenvalue weighted by atomic mass is 9.82. The highest BCUT2D eigenvalue weighted by Gasteiger charge is 2.35. The summed E-state index contributed by atoms with van der Waals surface area (Å²) in [6.07, 6.45) is 4.44. The van der Waals surface area contributed by atoms with Gasteiger partial charge in [-0.1, -0.05) is 25.7 Å². The minimum absolute atomic E-state index is 0.0152. The number of hydrogen-bond acceptors (Lipinski definition) is 4. The Morgan fingerprint density at radius 2 is 1.93 bits per heavy atom. The molecule has 1 N–H and O–H groups in total. The summed E-state index contributed by atoms with van der Waals surface area (Å²) in [5, 5.41) is 9.86. The number of aromatic carboxylic acids is 1. The van der Waals surface area contributed by atoms with E-state index in [0.29, 0.717) is 29.5 Å². The van der Waals surface area contributed by atoms with Crippen LogP contribution in [0.5, 0.6) is 0 Å². The van der Waals surface area contributed by atoms with Crippen molar-refractivity contribution in [3.8, 4) is 11.8 Å². The van der Waals surface area contributed by atoms with Crippen LogP contribution in [0.15, 0.2) is 6.07 Å². The molecular weight excluding hydrogens is 398 g/mol. The van der Waals surface area contributed by atoms with Crippen molar-refractivity contribution < 1.29 is 19.4 Å². The first-order valence-electron chi connectivity index (χ1n) is 10.8. The Kier molecular flexibility index (Phi) is 8.52. The SMILES string of the molecule is CC[C@@H](COC)N(C(=O)C1CCC(C)CC1)c1cc(C#CC(C)(C)C)sc1C(=O)O. The van der Waals surface area contributed by atoms with Crippen LogP contribution in [0, 0.1) is 29.1 Å². The maximum Gasteiger partial charge on any atom is 0.348 e. The summed E-state index contributed by atoms with van der Waals surface area (Å²) in [6, 6.07) is 1.56. The van der Waals surface area contributed by atoms with Crippen molar-refractivity contribution in [1.29, 1.82) is 0 Å². The fraction of sp³-hybridized carbons (Fsp3) is 0.667. The van der Waals surface area contributed by atoms with Crippen LogP contribution in [0.2, 0.25) is 0 Å². The predicted octanol–water partition coefficient (Wildman–Crippen LogP) is 5.43. The second kappa shape index (κ2) is 10.5. The van der Waals surface area contributed by atoms with Gasteiger partial charge in [0, 0.05) is 18.4 Å². The third-order valence-electron chi connectivity index (χ3n) is 5.52. The monoisotopic (exact) mass is 433 g/mol. The molecule has 2 rings (SSSR count). The molecule has 0 aromatic carbocycles. The maximum atomic E-state index is 13.6.